The molecular formula is C14H17BrF2N2O. The average Bonchev–Trinajstić information content (AvgIpc) is 2.42. The molecule has 1 saturated heterocycles. The highest BCUT2D eigenvalue weighted by Gasteiger charge is 2.16. The van der Waals surface area contributed by atoms with Crippen molar-refractivity contribution in [2.24, 2.45) is 0 Å². The summed E-state index contributed by atoms with van der Waals surface area (Å²) >= 11 is 3.05. The number of nitrogens with one attached hydrogen (secondary N) is 2. The summed E-state index contributed by atoms with van der Waals surface area (Å²) in [5.74, 6) is -1.72. The van der Waals surface area contributed by atoms with E-state index in [1.54, 1.807) is 0 Å². The Bertz CT molecular complexity index is 467. The first kappa shape index (κ1) is 15.4. The Hall–Kier alpha value is -1.01. The number of halogens is 3. The van der Waals surface area contributed by atoms with Gasteiger partial charge in [-0.1, -0.05) is 6.42 Å². The Balaban J connectivity index is 1.88. The summed E-state index contributed by atoms with van der Waals surface area (Å²) in [4.78, 5) is 11.8. The molecule has 0 spiro atoms. The first-order valence-corrected chi connectivity index (χ1v) is 7.53. The zero-order valence-corrected chi connectivity index (χ0v) is 12.6. The largest absolute Gasteiger partial charge is 0.323 e. The Labute approximate surface area is 125 Å². The van der Waals surface area contributed by atoms with Crippen LogP contribution in [0.15, 0.2) is 16.6 Å². The zero-order valence-electron chi connectivity index (χ0n) is 11.0. The van der Waals surface area contributed by atoms with Crippen molar-refractivity contribution in [2.45, 2.75) is 38.1 Å². The molecule has 1 aromatic rings. The maximum Gasteiger partial charge on any atom is 0.224 e. The SMILES string of the molecule is O=C(CCC1CCCCN1)Nc1c(F)cc(F)cc1Br. The summed E-state index contributed by atoms with van der Waals surface area (Å²) in [5, 5.41) is 5.85. The number of anilines is 1. The van der Waals surface area contributed by atoms with Crippen molar-refractivity contribution >= 4 is 27.5 Å². The van der Waals surface area contributed by atoms with Gasteiger partial charge in [0.15, 0.2) is 5.82 Å². The Morgan fingerprint density at radius 1 is 1.40 bits per heavy atom. The summed E-state index contributed by atoms with van der Waals surface area (Å²) < 4.78 is 26.7. The van der Waals surface area contributed by atoms with Crippen LogP contribution in [0.1, 0.15) is 32.1 Å². The smallest absolute Gasteiger partial charge is 0.224 e. The molecule has 110 valence electrons. The molecule has 2 N–H and O–H groups in total. The Morgan fingerprint density at radius 2 is 2.20 bits per heavy atom. The van der Waals surface area contributed by atoms with Gasteiger partial charge in [0, 0.05) is 23.0 Å². The van der Waals surface area contributed by atoms with Crippen molar-refractivity contribution in [3.8, 4) is 0 Å². The summed E-state index contributed by atoms with van der Waals surface area (Å²) in [6.07, 6.45) is 4.48. The summed E-state index contributed by atoms with van der Waals surface area (Å²) in [7, 11) is 0. The van der Waals surface area contributed by atoms with Gasteiger partial charge in [-0.2, -0.15) is 0 Å². The standard InChI is InChI=1S/C14H17BrF2N2O/c15-11-7-9(16)8-12(17)14(11)19-13(20)5-4-10-3-1-2-6-18-10/h7-8,10,18H,1-6H2,(H,19,20). The van der Waals surface area contributed by atoms with Gasteiger partial charge in [-0.05, 0) is 47.8 Å². The van der Waals surface area contributed by atoms with Crippen molar-refractivity contribution in [3.05, 3.63) is 28.2 Å². The molecule has 0 aliphatic carbocycles. The lowest BCUT2D eigenvalue weighted by Crippen LogP contribution is -2.34. The van der Waals surface area contributed by atoms with E-state index in [4.69, 9.17) is 0 Å². The molecule has 1 aromatic carbocycles. The monoisotopic (exact) mass is 346 g/mol. The minimum Gasteiger partial charge on any atom is -0.323 e. The quantitative estimate of drug-likeness (QED) is 0.874. The molecule has 2 rings (SSSR count). The number of amides is 1. The fraction of sp³-hybridized carbons (Fsp3) is 0.500. The highest BCUT2D eigenvalue weighted by Crippen LogP contribution is 2.27. The summed E-state index contributed by atoms with van der Waals surface area (Å²) in [6.45, 7) is 0.991. The number of hydrogen-bond acceptors (Lipinski definition) is 2. The van der Waals surface area contributed by atoms with E-state index in [1.807, 2.05) is 0 Å². The van der Waals surface area contributed by atoms with E-state index in [9.17, 15) is 13.6 Å². The third kappa shape index (κ3) is 4.24. The van der Waals surface area contributed by atoms with Crippen molar-refractivity contribution in [1.82, 2.24) is 5.32 Å². The molecule has 1 atom stereocenters. The van der Waals surface area contributed by atoms with Gasteiger partial charge in [-0.25, -0.2) is 8.78 Å². The first-order valence-electron chi connectivity index (χ1n) is 6.74. The first-order chi connectivity index (χ1) is 9.56. The van der Waals surface area contributed by atoms with Gasteiger partial charge < -0.3 is 10.6 Å². The van der Waals surface area contributed by atoms with Crippen LogP contribution in [0.4, 0.5) is 14.5 Å². The van der Waals surface area contributed by atoms with Crippen LogP contribution in [0, 0.1) is 11.6 Å². The number of carbonyl (C=O) groups is 1. The van der Waals surface area contributed by atoms with Gasteiger partial charge in [0.2, 0.25) is 5.91 Å². The lowest BCUT2D eigenvalue weighted by atomic mass is 10.0. The molecule has 1 unspecified atom stereocenters. The predicted molar refractivity (Wildman–Crippen MR) is 77.6 cm³/mol. The van der Waals surface area contributed by atoms with Crippen molar-refractivity contribution in [2.75, 3.05) is 11.9 Å². The molecule has 0 bridgehead atoms. The maximum atomic E-state index is 13.6. The highest BCUT2D eigenvalue weighted by atomic mass is 79.9. The van der Waals surface area contributed by atoms with Crippen LogP contribution in [0.25, 0.3) is 0 Å². The van der Waals surface area contributed by atoms with Crippen LogP contribution in [-0.4, -0.2) is 18.5 Å². The number of benzene rings is 1. The van der Waals surface area contributed by atoms with E-state index in [0.717, 1.165) is 31.5 Å². The Morgan fingerprint density at radius 3 is 2.85 bits per heavy atom. The third-order valence-electron chi connectivity index (χ3n) is 3.40. The molecule has 1 heterocycles. The van der Waals surface area contributed by atoms with Gasteiger partial charge >= 0.3 is 0 Å². The number of hydrogen-bond donors (Lipinski definition) is 2. The average molecular weight is 347 g/mol. The van der Waals surface area contributed by atoms with E-state index in [2.05, 4.69) is 26.6 Å². The molecule has 1 fully saturated rings. The second-order valence-corrected chi connectivity index (χ2v) is 5.83. The van der Waals surface area contributed by atoms with Gasteiger partial charge in [0.25, 0.3) is 0 Å². The van der Waals surface area contributed by atoms with E-state index >= 15 is 0 Å². The molecule has 1 amide bonds. The molecule has 3 nitrogen and oxygen atoms in total. The highest BCUT2D eigenvalue weighted by molar-refractivity contribution is 9.10. The van der Waals surface area contributed by atoms with E-state index in [0.29, 0.717) is 12.5 Å². The van der Waals surface area contributed by atoms with Crippen LogP contribution < -0.4 is 10.6 Å². The van der Waals surface area contributed by atoms with Crippen LogP contribution in [0.3, 0.4) is 0 Å². The van der Waals surface area contributed by atoms with Crippen LogP contribution in [0.5, 0.6) is 0 Å². The van der Waals surface area contributed by atoms with Gasteiger partial charge in [-0.15, -0.1) is 0 Å². The second kappa shape index (κ2) is 7.13. The Kier molecular flexibility index (Phi) is 5.48. The van der Waals surface area contributed by atoms with E-state index in [1.165, 1.54) is 12.8 Å². The van der Waals surface area contributed by atoms with Crippen molar-refractivity contribution in [1.29, 1.82) is 0 Å². The number of carbonyl (C=O) groups excluding carboxylic acids is 1. The summed E-state index contributed by atoms with van der Waals surface area (Å²) in [5.41, 5.74) is -0.00648. The fourth-order valence-corrected chi connectivity index (χ4v) is 2.85. The molecule has 1 aliphatic rings. The minimum absolute atomic E-state index is 0.00648. The summed E-state index contributed by atoms with van der Waals surface area (Å²) in [6, 6.07) is 2.24. The van der Waals surface area contributed by atoms with Crippen LogP contribution in [0.2, 0.25) is 0 Å². The molecule has 0 saturated carbocycles. The normalized spacial score (nSPS) is 18.9. The third-order valence-corrected chi connectivity index (χ3v) is 4.03. The molecule has 0 radical (unpaired) electrons. The molecule has 0 aromatic heterocycles. The predicted octanol–water partition coefficient (Wildman–Crippen LogP) is 3.59. The van der Waals surface area contributed by atoms with Crippen LogP contribution in [-0.2, 0) is 4.79 Å². The minimum atomic E-state index is -0.777. The molecule has 20 heavy (non-hydrogen) atoms. The maximum absolute atomic E-state index is 13.6. The fourth-order valence-electron chi connectivity index (χ4n) is 2.34. The molecule has 1 aliphatic heterocycles. The second-order valence-electron chi connectivity index (χ2n) is 4.98. The topological polar surface area (TPSA) is 41.1 Å². The van der Waals surface area contributed by atoms with Gasteiger partial charge in [0.05, 0.1) is 5.69 Å². The lowest BCUT2D eigenvalue weighted by Gasteiger charge is -2.23. The molecular weight excluding hydrogens is 330 g/mol. The van der Waals surface area contributed by atoms with Crippen molar-refractivity contribution in [3.63, 3.8) is 0 Å². The molecule has 6 heteroatoms. The zero-order chi connectivity index (χ0) is 14.5. The lowest BCUT2D eigenvalue weighted by molar-refractivity contribution is -0.116. The van der Waals surface area contributed by atoms with Gasteiger partial charge in [0.1, 0.15) is 5.82 Å². The van der Waals surface area contributed by atoms with Crippen molar-refractivity contribution < 1.29 is 13.6 Å². The van der Waals surface area contributed by atoms with Crippen LogP contribution >= 0.6 is 15.9 Å². The van der Waals surface area contributed by atoms with E-state index < -0.39 is 11.6 Å². The van der Waals surface area contributed by atoms with E-state index in [-0.39, 0.29) is 16.1 Å². The number of rotatable bonds is 4. The number of piperidine rings is 1. The van der Waals surface area contributed by atoms with Gasteiger partial charge in [-0.3, -0.25) is 4.79 Å².